The Morgan fingerprint density at radius 3 is 2.94 bits per heavy atom. The van der Waals surface area contributed by atoms with Crippen molar-refractivity contribution in [2.75, 3.05) is 12.3 Å². The fraction of sp³-hybridized carbons (Fsp3) is 0.750. The van der Waals surface area contributed by atoms with Gasteiger partial charge in [-0.15, -0.1) is 0 Å². The summed E-state index contributed by atoms with van der Waals surface area (Å²) in [6, 6.07) is 0. The van der Waals surface area contributed by atoms with Gasteiger partial charge in [0.2, 0.25) is 0 Å². The maximum Gasteiger partial charge on any atom is 0.168 e. The van der Waals surface area contributed by atoms with E-state index in [-0.39, 0.29) is 5.41 Å². The largest absolute Gasteiger partial charge is 0.330 e. The molecule has 2 N–H and O–H groups in total. The van der Waals surface area contributed by atoms with E-state index in [1.165, 1.54) is 48.7 Å². The lowest BCUT2D eigenvalue weighted by atomic mass is 9.72. The quantitative estimate of drug-likeness (QED) is 0.857. The normalized spacial score (nSPS) is 23.3. The van der Waals surface area contributed by atoms with Crippen molar-refractivity contribution in [2.45, 2.75) is 49.2 Å². The molecule has 0 radical (unpaired) electrons. The topological polar surface area (TPSA) is 43.8 Å². The summed E-state index contributed by atoms with van der Waals surface area (Å²) in [5.74, 6) is 1.18. The van der Waals surface area contributed by atoms with Crippen molar-refractivity contribution in [3.8, 4) is 0 Å². The molecule has 0 saturated heterocycles. The number of rotatable bonds is 2. The maximum atomic E-state index is 6.08. The van der Waals surface area contributed by atoms with Crippen LogP contribution in [0.25, 0.3) is 0 Å². The van der Waals surface area contributed by atoms with Crippen LogP contribution in [0.3, 0.4) is 0 Å². The molecule has 0 unspecified atom stereocenters. The van der Waals surface area contributed by atoms with Crippen molar-refractivity contribution in [2.24, 2.45) is 5.73 Å². The Kier molecular flexibility index (Phi) is 2.72. The molecule has 0 aromatic carbocycles. The van der Waals surface area contributed by atoms with E-state index in [2.05, 4.69) is 15.7 Å². The highest BCUT2D eigenvalue weighted by Gasteiger charge is 2.36. The van der Waals surface area contributed by atoms with E-state index in [1.54, 1.807) is 0 Å². The molecule has 0 amide bonds. The number of nitrogens with two attached hydrogens (primary N) is 1. The molecule has 1 aliphatic carbocycles. The zero-order chi connectivity index (χ0) is 11.0. The first-order valence-corrected chi connectivity index (χ1v) is 7.23. The Hall–Kier alpha value is -0.480. The van der Waals surface area contributed by atoms with Crippen molar-refractivity contribution in [3.05, 3.63) is 11.9 Å². The van der Waals surface area contributed by atoms with Gasteiger partial charge in [0.15, 0.2) is 5.16 Å². The van der Waals surface area contributed by atoms with Gasteiger partial charge in [0.25, 0.3) is 0 Å². The Bertz CT molecular complexity index is 380. The summed E-state index contributed by atoms with van der Waals surface area (Å²) in [6.45, 7) is 1.90. The molecular weight excluding hydrogens is 218 g/mol. The van der Waals surface area contributed by atoms with Gasteiger partial charge >= 0.3 is 0 Å². The van der Waals surface area contributed by atoms with Crippen molar-refractivity contribution >= 4 is 11.8 Å². The van der Waals surface area contributed by atoms with Crippen molar-refractivity contribution in [1.29, 1.82) is 0 Å². The van der Waals surface area contributed by atoms with E-state index in [0.29, 0.717) is 0 Å². The van der Waals surface area contributed by atoms with Crippen LogP contribution in [0.4, 0.5) is 0 Å². The molecule has 1 aromatic heterocycles. The number of thioether (sulfide) groups is 1. The number of aromatic nitrogens is 2. The van der Waals surface area contributed by atoms with Gasteiger partial charge in [0, 0.05) is 36.1 Å². The molecular formula is C12H19N3S. The highest BCUT2D eigenvalue weighted by atomic mass is 32.2. The van der Waals surface area contributed by atoms with Crippen molar-refractivity contribution in [1.82, 2.24) is 9.55 Å². The third-order valence-electron chi connectivity index (χ3n) is 4.11. The number of hydrogen-bond donors (Lipinski definition) is 1. The van der Waals surface area contributed by atoms with Gasteiger partial charge in [0.05, 0.1) is 0 Å². The summed E-state index contributed by atoms with van der Waals surface area (Å²) in [5, 5.41) is 1.20. The van der Waals surface area contributed by atoms with Gasteiger partial charge in [-0.05, 0) is 12.8 Å². The van der Waals surface area contributed by atoms with Crippen LogP contribution in [-0.2, 0) is 12.0 Å². The zero-order valence-electron chi connectivity index (χ0n) is 9.61. The third kappa shape index (κ3) is 1.51. The van der Waals surface area contributed by atoms with E-state index in [9.17, 15) is 0 Å². The third-order valence-corrected chi connectivity index (χ3v) is 5.08. The average Bonchev–Trinajstić information content (AvgIpc) is 2.91. The molecule has 0 atom stereocenters. The summed E-state index contributed by atoms with van der Waals surface area (Å²) in [4.78, 5) is 4.54. The van der Waals surface area contributed by atoms with E-state index < -0.39 is 0 Å². The van der Waals surface area contributed by atoms with E-state index in [0.717, 1.165) is 13.1 Å². The summed E-state index contributed by atoms with van der Waals surface area (Å²) in [7, 11) is 0. The summed E-state index contributed by atoms with van der Waals surface area (Å²) in [5.41, 5.74) is 7.72. The highest BCUT2D eigenvalue weighted by molar-refractivity contribution is 7.99. The first-order chi connectivity index (χ1) is 7.86. The van der Waals surface area contributed by atoms with E-state index in [4.69, 9.17) is 5.73 Å². The highest BCUT2D eigenvalue weighted by Crippen LogP contribution is 2.41. The monoisotopic (exact) mass is 237 g/mol. The van der Waals surface area contributed by atoms with Crippen LogP contribution in [0.2, 0.25) is 0 Å². The Morgan fingerprint density at radius 1 is 1.38 bits per heavy atom. The van der Waals surface area contributed by atoms with Crippen LogP contribution in [0, 0.1) is 0 Å². The molecule has 2 aliphatic rings. The molecule has 0 spiro atoms. The lowest BCUT2D eigenvalue weighted by Crippen LogP contribution is -2.39. The second-order valence-electron chi connectivity index (χ2n) is 4.97. The number of nitrogens with zero attached hydrogens (tertiary/aromatic N) is 2. The van der Waals surface area contributed by atoms with Crippen LogP contribution < -0.4 is 5.73 Å². The predicted octanol–water partition coefficient (Wildman–Crippen LogP) is 2.15. The van der Waals surface area contributed by atoms with Crippen LogP contribution in [-0.4, -0.2) is 21.8 Å². The fourth-order valence-corrected chi connectivity index (χ4v) is 4.06. The van der Waals surface area contributed by atoms with Gasteiger partial charge in [-0.25, -0.2) is 4.98 Å². The van der Waals surface area contributed by atoms with E-state index in [1.807, 2.05) is 11.8 Å². The van der Waals surface area contributed by atoms with Gasteiger partial charge < -0.3 is 10.3 Å². The first kappa shape index (κ1) is 10.7. The van der Waals surface area contributed by atoms with Crippen molar-refractivity contribution in [3.63, 3.8) is 0 Å². The molecule has 0 bridgehead atoms. The minimum atomic E-state index is 0.231. The summed E-state index contributed by atoms with van der Waals surface area (Å²) < 4.78 is 2.41. The minimum absolute atomic E-state index is 0.231. The second-order valence-corrected chi connectivity index (χ2v) is 6.03. The smallest absolute Gasteiger partial charge is 0.168 e. The molecule has 88 valence electrons. The van der Waals surface area contributed by atoms with Gasteiger partial charge in [0.1, 0.15) is 0 Å². The van der Waals surface area contributed by atoms with Crippen LogP contribution in [0.5, 0.6) is 0 Å². The predicted molar refractivity (Wildman–Crippen MR) is 66.8 cm³/mol. The maximum absolute atomic E-state index is 6.08. The SMILES string of the molecule is NCC1(c2cnc3n2CCS3)CCCCC1. The lowest BCUT2D eigenvalue weighted by Gasteiger charge is -2.36. The van der Waals surface area contributed by atoms with Gasteiger partial charge in [-0.3, -0.25) is 0 Å². The van der Waals surface area contributed by atoms with Gasteiger partial charge in [-0.1, -0.05) is 31.0 Å². The molecule has 1 aromatic rings. The van der Waals surface area contributed by atoms with Crippen LogP contribution >= 0.6 is 11.8 Å². The lowest BCUT2D eigenvalue weighted by molar-refractivity contribution is 0.284. The minimum Gasteiger partial charge on any atom is -0.330 e. The van der Waals surface area contributed by atoms with Crippen LogP contribution in [0.1, 0.15) is 37.8 Å². The molecule has 1 saturated carbocycles. The van der Waals surface area contributed by atoms with Crippen LogP contribution in [0.15, 0.2) is 11.4 Å². The zero-order valence-corrected chi connectivity index (χ0v) is 10.4. The molecule has 16 heavy (non-hydrogen) atoms. The summed E-state index contributed by atoms with van der Waals surface area (Å²) in [6.07, 6.45) is 8.60. The van der Waals surface area contributed by atoms with Gasteiger partial charge in [-0.2, -0.15) is 0 Å². The Balaban J connectivity index is 1.99. The Morgan fingerprint density at radius 2 is 2.19 bits per heavy atom. The van der Waals surface area contributed by atoms with E-state index >= 15 is 0 Å². The van der Waals surface area contributed by atoms with Crippen molar-refractivity contribution < 1.29 is 0 Å². The summed E-state index contributed by atoms with van der Waals surface area (Å²) >= 11 is 1.87. The molecule has 1 fully saturated rings. The molecule has 1 aliphatic heterocycles. The Labute approximate surface area is 101 Å². The standard InChI is InChI=1S/C12H19N3S/c13-9-12(4-2-1-3-5-12)10-8-14-11-15(10)6-7-16-11/h8H,1-7,9,13H2. The first-order valence-electron chi connectivity index (χ1n) is 6.25. The average molecular weight is 237 g/mol. The molecule has 2 heterocycles. The second kappa shape index (κ2) is 4.08. The molecule has 4 heteroatoms. The molecule has 3 nitrogen and oxygen atoms in total. The fourth-order valence-electron chi connectivity index (χ4n) is 3.13. The molecule has 3 rings (SSSR count). The number of imidazole rings is 1. The number of hydrogen-bond acceptors (Lipinski definition) is 3. The number of fused-ring (bicyclic) bond motifs is 1.